The molecule has 2 rings (SSSR count). The minimum atomic E-state index is 0.0653. The van der Waals surface area contributed by atoms with Gasteiger partial charge in [-0.25, -0.2) is 0 Å². The lowest BCUT2D eigenvalue weighted by molar-refractivity contribution is 0.0641. The zero-order chi connectivity index (χ0) is 14.4. The molecule has 1 heterocycles. The van der Waals surface area contributed by atoms with Crippen LogP contribution in [0.3, 0.4) is 0 Å². The van der Waals surface area contributed by atoms with Gasteiger partial charge in [0.05, 0.1) is 4.99 Å². The predicted molar refractivity (Wildman–Crippen MR) is 83.5 cm³/mol. The minimum absolute atomic E-state index is 0.0653. The van der Waals surface area contributed by atoms with Crippen LogP contribution in [0.1, 0.15) is 48.9 Å². The van der Waals surface area contributed by atoms with E-state index in [1.165, 1.54) is 19.3 Å². The van der Waals surface area contributed by atoms with Crippen LogP contribution < -0.4 is 5.73 Å². The Labute approximate surface area is 125 Å². The number of rotatable bonds is 5. The van der Waals surface area contributed by atoms with Crippen molar-refractivity contribution in [1.29, 1.82) is 0 Å². The minimum Gasteiger partial charge on any atom is -0.393 e. The second-order valence-electron chi connectivity index (χ2n) is 5.24. The first-order valence-corrected chi connectivity index (χ1v) is 7.58. The molecule has 20 heavy (non-hydrogen) atoms. The van der Waals surface area contributed by atoms with Gasteiger partial charge in [0.2, 0.25) is 0 Å². The van der Waals surface area contributed by atoms with Crippen LogP contribution in [0.4, 0.5) is 0 Å². The van der Waals surface area contributed by atoms with E-state index in [-0.39, 0.29) is 5.91 Å². The number of pyridine rings is 1. The van der Waals surface area contributed by atoms with E-state index < -0.39 is 0 Å². The summed E-state index contributed by atoms with van der Waals surface area (Å²) in [5.41, 5.74) is 6.28. The number of carbonyl (C=O) groups is 1. The lowest BCUT2D eigenvalue weighted by Gasteiger charge is -2.34. The maximum atomic E-state index is 12.7. The van der Waals surface area contributed by atoms with Gasteiger partial charge in [0.25, 0.3) is 5.91 Å². The molecule has 0 spiro atoms. The van der Waals surface area contributed by atoms with Crippen LogP contribution >= 0.6 is 12.2 Å². The lowest BCUT2D eigenvalue weighted by atomic mass is 9.93. The molecule has 0 aliphatic heterocycles. The van der Waals surface area contributed by atoms with Crippen LogP contribution in [0.15, 0.2) is 24.5 Å². The summed E-state index contributed by atoms with van der Waals surface area (Å²) in [7, 11) is 0. The Balaban J connectivity index is 2.12. The molecule has 0 unspecified atom stereocenters. The molecule has 5 heteroatoms. The molecule has 2 N–H and O–H groups in total. The molecule has 0 saturated heterocycles. The van der Waals surface area contributed by atoms with Gasteiger partial charge < -0.3 is 10.6 Å². The molecule has 1 aliphatic carbocycles. The summed E-state index contributed by atoms with van der Waals surface area (Å²) in [4.78, 5) is 19.1. The molecule has 1 fully saturated rings. The maximum Gasteiger partial charge on any atom is 0.254 e. The number of aromatic nitrogens is 1. The van der Waals surface area contributed by atoms with Crippen molar-refractivity contribution in [2.75, 3.05) is 6.54 Å². The number of hydrogen-bond acceptors (Lipinski definition) is 3. The normalized spacial score (nSPS) is 15.8. The van der Waals surface area contributed by atoms with Crippen LogP contribution in [0.25, 0.3) is 0 Å². The molecule has 0 aromatic carbocycles. The van der Waals surface area contributed by atoms with E-state index in [2.05, 4.69) is 4.98 Å². The molecule has 108 valence electrons. The Hall–Kier alpha value is -1.49. The highest BCUT2D eigenvalue weighted by Gasteiger charge is 2.26. The number of nitrogens with zero attached hydrogens (tertiary/aromatic N) is 2. The highest BCUT2D eigenvalue weighted by atomic mass is 32.1. The fraction of sp³-hybridized carbons (Fsp3) is 0.533. The SMILES string of the molecule is NC(=S)CCN(C(=O)c1ccncc1)C1CCCCC1. The average molecular weight is 291 g/mol. The fourth-order valence-electron chi connectivity index (χ4n) is 2.73. The third kappa shape index (κ3) is 4.00. The summed E-state index contributed by atoms with van der Waals surface area (Å²) >= 11 is 4.95. The molecule has 1 aromatic heterocycles. The quantitative estimate of drug-likeness (QED) is 0.847. The fourth-order valence-corrected chi connectivity index (χ4v) is 2.82. The first kappa shape index (κ1) is 14.9. The van der Waals surface area contributed by atoms with Crippen LogP contribution in [-0.2, 0) is 0 Å². The van der Waals surface area contributed by atoms with Gasteiger partial charge in [-0.05, 0) is 25.0 Å². The van der Waals surface area contributed by atoms with Gasteiger partial charge in [0, 0.05) is 37.0 Å². The monoisotopic (exact) mass is 291 g/mol. The number of thiocarbonyl (C=S) groups is 1. The number of amides is 1. The van der Waals surface area contributed by atoms with Gasteiger partial charge in [-0.3, -0.25) is 9.78 Å². The first-order chi connectivity index (χ1) is 9.68. The van der Waals surface area contributed by atoms with Crippen molar-refractivity contribution in [3.63, 3.8) is 0 Å². The van der Waals surface area contributed by atoms with Gasteiger partial charge >= 0.3 is 0 Å². The molecule has 1 aromatic rings. The topological polar surface area (TPSA) is 59.2 Å². The van der Waals surface area contributed by atoms with Crippen molar-refractivity contribution in [2.45, 2.75) is 44.6 Å². The zero-order valence-electron chi connectivity index (χ0n) is 11.6. The summed E-state index contributed by atoms with van der Waals surface area (Å²) in [6.07, 6.45) is 9.70. The van der Waals surface area contributed by atoms with E-state index >= 15 is 0 Å². The molecule has 0 radical (unpaired) electrons. The summed E-state index contributed by atoms with van der Waals surface area (Å²) in [6, 6.07) is 3.84. The van der Waals surface area contributed by atoms with Crippen molar-refractivity contribution in [2.24, 2.45) is 5.73 Å². The van der Waals surface area contributed by atoms with Crippen molar-refractivity contribution >= 4 is 23.1 Å². The molecular formula is C15H21N3OS. The summed E-state index contributed by atoms with van der Waals surface area (Å²) in [5, 5.41) is 0. The van der Waals surface area contributed by atoms with Gasteiger partial charge in [-0.1, -0.05) is 31.5 Å². The Morgan fingerprint density at radius 1 is 1.30 bits per heavy atom. The van der Waals surface area contributed by atoms with Crippen molar-refractivity contribution in [3.05, 3.63) is 30.1 Å². The number of carbonyl (C=O) groups excluding carboxylic acids is 1. The third-order valence-corrected chi connectivity index (χ3v) is 4.01. The van der Waals surface area contributed by atoms with Gasteiger partial charge in [-0.15, -0.1) is 0 Å². The molecular weight excluding hydrogens is 270 g/mol. The Morgan fingerprint density at radius 2 is 1.95 bits per heavy atom. The van der Waals surface area contributed by atoms with Crippen LogP contribution in [0.2, 0.25) is 0 Å². The van der Waals surface area contributed by atoms with Crippen molar-refractivity contribution in [1.82, 2.24) is 9.88 Å². The Morgan fingerprint density at radius 3 is 2.55 bits per heavy atom. The van der Waals surface area contributed by atoms with Crippen LogP contribution in [0.5, 0.6) is 0 Å². The largest absolute Gasteiger partial charge is 0.393 e. The van der Waals surface area contributed by atoms with E-state index in [0.717, 1.165) is 12.8 Å². The van der Waals surface area contributed by atoms with Crippen LogP contribution in [0, 0.1) is 0 Å². The van der Waals surface area contributed by atoms with Gasteiger partial charge in [0.1, 0.15) is 0 Å². The van der Waals surface area contributed by atoms with E-state index in [9.17, 15) is 4.79 Å². The smallest absolute Gasteiger partial charge is 0.254 e. The van der Waals surface area contributed by atoms with Crippen molar-refractivity contribution in [3.8, 4) is 0 Å². The number of hydrogen-bond donors (Lipinski definition) is 1. The van der Waals surface area contributed by atoms with E-state index in [4.69, 9.17) is 18.0 Å². The Kier molecular flexibility index (Phi) is 5.47. The molecule has 1 aliphatic rings. The van der Waals surface area contributed by atoms with E-state index in [1.54, 1.807) is 24.5 Å². The third-order valence-electron chi connectivity index (χ3n) is 3.80. The molecule has 0 atom stereocenters. The van der Waals surface area contributed by atoms with Gasteiger partial charge in [-0.2, -0.15) is 0 Å². The zero-order valence-corrected chi connectivity index (χ0v) is 12.4. The van der Waals surface area contributed by atoms with Gasteiger partial charge in [0.15, 0.2) is 0 Å². The average Bonchev–Trinajstić information content (AvgIpc) is 2.49. The summed E-state index contributed by atoms with van der Waals surface area (Å²) < 4.78 is 0. The molecule has 1 saturated carbocycles. The lowest BCUT2D eigenvalue weighted by Crippen LogP contribution is -2.43. The predicted octanol–water partition coefficient (Wildman–Crippen LogP) is 2.53. The Bertz CT molecular complexity index is 457. The van der Waals surface area contributed by atoms with Crippen molar-refractivity contribution < 1.29 is 4.79 Å². The molecule has 4 nitrogen and oxygen atoms in total. The first-order valence-electron chi connectivity index (χ1n) is 7.18. The van der Waals surface area contributed by atoms with E-state index in [1.807, 2.05) is 4.90 Å². The summed E-state index contributed by atoms with van der Waals surface area (Å²) in [5.74, 6) is 0.0653. The second-order valence-corrected chi connectivity index (χ2v) is 5.77. The highest BCUT2D eigenvalue weighted by molar-refractivity contribution is 7.80. The van der Waals surface area contributed by atoms with E-state index in [0.29, 0.717) is 29.6 Å². The van der Waals surface area contributed by atoms with Crippen LogP contribution in [-0.4, -0.2) is 33.4 Å². The highest BCUT2D eigenvalue weighted by Crippen LogP contribution is 2.24. The maximum absolute atomic E-state index is 12.7. The second kappa shape index (κ2) is 7.33. The number of nitrogens with two attached hydrogens (primary N) is 1. The standard InChI is InChI=1S/C15H21N3OS/c16-14(20)8-11-18(13-4-2-1-3-5-13)15(19)12-6-9-17-10-7-12/h6-7,9-10,13H,1-5,8,11H2,(H2,16,20). The molecule has 1 amide bonds. The summed E-state index contributed by atoms with van der Waals surface area (Å²) in [6.45, 7) is 0.612. The molecule has 0 bridgehead atoms.